The van der Waals surface area contributed by atoms with Crippen LogP contribution in [0.1, 0.15) is 45.1 Å². The summed E-state index contributed by atoms with van der Waals surface area (Å²) in [6, 6.07) is 9.04. The number of amides is 1. The number of hydrogen-bond acceptors (Lipinski definition) is 3. The van der Waals surface area contributed by atoms with Crippen molar-refractivity contribution in [3.63, 3.8) is 0 Å². The summed E-state index contributed by atoms with van der Waals surface area (Å²) in [7, 11) is 0. The lowest BCUT2D eigenvalue weighted by atomic mass is 9.99. The summed E-state index contributed by atoms with van der Waals surface area (Å²) < 4.78 is 0. The van der Waals surface area contributed by atoms with Crippen molar-refractivity contribution < 1.29 is 4.79 Å². The first kappa shape index (κ1) is 19.5. The molecule has 2 aliphatic heterocycles. The molecule has 1 aromatic rings. The zero-order chi connectivity index (χ0) is 19.1. The Morgan fingerprint density at radius 3 is 2.59 bits per heavy atom. The van der Waals surface area contributed by atoms with Crippen LogP contribution < -0.4 is 20.9 Å². The van der Waals surface area contributed by atoms with Crippen molar-refractivity contribution in [2.45, 2.75) is 52.1 Å². The molecule has 0 bridgehead atoms. The van der Waals surface area contributed by atoms with Crippen molar-refractivity contribution >= 4 is 17.6 Å². The first-order chi connectivity index (χ1) is 13.1. The summed E-state index contributed by atoms with van der Waals surface area (Å²) in [5.74, 6) is 1.80. The average molecular weight is 372 g/mol. The van der Waals surface area contributed by atoms with Crippen molar-refractivity contribution in [1.82, 2.24) is 16.0 Å². The number of hydrogen-bond donors (Lipinski definition) is 3. The smallest absolute Gasteiger partial charge is 0.220 e. The van der Waals surface area contributed by atoms with E-state index in [4.69, 9.17) is 4.99 Å². The van der Waals surface area contributed by atoms with Crippen molar-refractivity contribution in [1.29, 1.82) is 0 Å². The molecule has 2 saturated heterocycles. The lowest BCUT2D eigenvalue weighted by molar-refractivity contribution is -0.122. The highest BCUT2D eigenvalue weighted by molar-refractivity contribution is 5.81. The molecular formula is C21H33N5O. The molecule has 2 heterocycles. The molecule has 2 aliphatic rings. The van der Waals surface area contributed by atoms with Crippen LogP contribution in [0.2, 0.25) is 0 Å². The summed E-state index contributed by atoms with van der Waals surface area (Å²) in [4.78, 5) is 18.5. The second-order valence-corrected chi connectivity index (χ2v) is 7.72. The highest BCUT2D eigenvalue weighted by atomic mass is 16.1. The Morgan fingerprint density at radius 2 is 1.96 bits per heavy atom. The van der Waals surface area contributed by atoms with E-state index in [1.54, 1.807) is 0 Å². The number of aliphatic imine (C=N–C) groups is 1. The maximum absolute atomic E-state index is 11.3. The van der Waals surface area contributed by atoms with Gasteiger partial charge in [0.25, 0.3) is 0 Å². The molecule has 0 aromatic heterocycles. The number of carbonyl (C=O) groups is 1. The molecule has 0 saturated carbocycles. The van der Waals surface area contributed by atoms with Gasteiger partial charge in [0.2, 0.25) is 5.91 Å². The third kappa shape index (κ3) is 5.88. The SMILES string of the molecule is CCNC(=NCc1ccc(N2CCC(C)CC2)cc1)NC1CCC(=O)NC1. The molecule has 6 nitrogen and oxygen atoms in total. The first-order valence-corrected chi connectivity index (χ1v) is 10.3. The Bertz CT molecular complexity index is 624. The minimum atomic E-state index is 0.137. The molecule has 0 aliphatic carbocycles. The highest BCUT2D eigenvalue weighted by Crippen LogP contribution is 2.23. The number of piperidine rings is 2. The molecule has 6 heteroatoms. The molecule has 0 radical (unpaired) electrons. The van der Waals surface area contributed by atoms with Crippen molar-refractivity contribution in [2.24, 2.45) is 10.9 Å². The zero-order valence-electron chi connectivity index (χ0n) is 16.6. The van der Waals surface area contributed by atoms with Gasteiger partial charge in [0.1, 0.15) is 0 Å². The molecule has 2 fully saturated rings. The highest BCUT2D eigenvalue weighted by Gasteiger charge is 2.19. The van der Waals surface area contributed by atoms with Crippen LogP contribution in [0.3, 0.4) is 0 Å². The number of nitrogens with one attached hydrogen (secondary N) is 3. The number of nitrogens with zero attached hydrogens (tertiary/aromatic N) is 2. The van der Waals surface area contributed by atoms with Gasteiger partial charge in [0.15, 0.2) is 5.96 Å². The Kier molecular flexibility index (Phi) is 6.96. The van der Waals surface area contributed by atoms with Gasteiger partial charge in [-0.3, -0.25) is 4.79 Å². The van der Waals surface area contributed by atoms with E-state index in [9.17, 15) is 4.79 Å². The maximum Gasteiger partial charge on any atom is 0.220 e. The van der Waals surface area contributed by atoms with Gasteiger partial charge in [-0.1, -0.05) is 19.1 Å². The van der Waals surface area contributed by atoms with Crippen molar-refractivity contribution in [3.8, 4) is 0 Å². The van der Waals surface area contributed by atoms with Gasteiger partial charge in [-0.25, -0.2) is 4.99 Å². The van der Waals surface area contributed by atoms with Gasteiger partial charge in [-0.05, 0) is 49.8 Å². The summed E-state index contributed by atoms with van der Waals surface area (Å²) in [6.45, 7) is 8.84. The molecule has 1 atom stereocenters. The van der Waals surface area contributed by atoms with Gasteiger partial charge < -0.3 is 20.9 Å². The molecule has 0 spiro atoms. The number of guanidine groups is 1. The minimum Gasteiger partial charge on any atom is -0.372 e. The van der Waals surface area contributed by atoms with E-state index in [1.165, 1.54) is 24.1 Å². The standard InChI is InChI=1S/C21H33N5O/c1-3-22-21(25-18-6-9-20(27)23-15-18)24-14-17-4-7-19(8-5-17)26-12-10-16(2)11-13-26/h4-5,7-8,16,18H,3,6,9-15H2,1-2H3,(H,23,27)(H2,22,24,25). The quantitative estimate of drug-likeness (QED) is 0.549. The summed E-state index contributed by atoms with van der Waals surface area (Å²) in [5.41, 5.74) is 2.52. The van der Waals surface area contributed by atoms with Crippen LogP contribution in [0.15, 0.2) is 29.3 Å². The second kappa shape index (κ2) is 9.62. The molecule has 27 heavy (non-hydrogen) atoms. The normalized spacial score (nSPS) is 21.7. The lowest BCUT2D eigenvalue weighted by Crippen LogP contribution is -2.51. The van der Waals surface area contributed by atoms with Gasteiger partial charge >= 0.3 is 0 Å². The Labute approximate surface area is 162 Å². The van der Waals surface area contributed by atoms with Crippen LogP contribution in [-0.2, 0) is 11.3 Å². The molecule has 1 unspecified atom stereocenters. The summed E-state index contributed by atoms with van der Waals surface area (Å²) in [6.07, 6.45) is 3.99. The Balaban J connectivity index is 1.54. The minimum absolute atomic E-state index is 0.137. The van der Waals surface area contributed by atoms with E-state index in [0.29, 0.717) is 19.5 Å². The Hall–Kier alpha value is -2.24. The number of benzene rings is 1. The number of carbonyl (C=O) groups excluding carboxylic acids is 1. The topological polar surface area (TPSA) is 68.8 Å². The third-order valence-corrected chi connectivity index (χ3v) is 5.46. The van der Waals surface area contributed by atoms with Crippen LogP contribution in [0.25, 0.3) is 0 Å². The fraction of sp³-hybridized carbons (Fsp3) is 0.619. The van der Waals surface area contributed by atoms with Crippen LogP contribution in [0.4, 0.5) is 5.69 Å². The zero-order valence-corrected chi connectivity index (χ0v) is 16.6. The van der Waals surface area contributed by atoms with E-state index in [0.717, 1.165) is 37.9 Å². The largest absolute Gasteiger partial charge is 0.372 e. The van der Waals surface area contributed by atoms with E-state index < -0.39 is 0 Å². The van der Waals surface area contributed by atoms with Crippen LogP contribution >= 0.6 is 0 Å². The number of rotatable bonds is 5. The first-order valence-electron chi connectivity index (χ1n) is 10.3. The van der Waals surface area contributed by atoms with E-state index >= 15 is 0 Å². The number of anilines is 1. The predicted octanol–water partition coefficient (Wildman–Crippen LogP) is 2.26. The van der Waals surface area contributed by atoms with Crippen LogP contribution in [0.5, 0.6) is 0 Å². The van der Waals surface area contributed by atoms with Gasteiger partial charge in [-0.15, -0.1) is 0 Å². The monoisotopic (exact) mass is 371 g/mol. The molecule has 1 aromatic carbocycles. The predicted molar refractivity (Wildman–Crippen MR) is 111 cm³/mol. The average Bonchev–Trinajstić information content (AvgIpc) is 2.69. The van der Waals surface area contributed by atoms with E-state index in [1.807, 2.05) is 0 Å². The van der Waals surface area contributed by atoms with Crippen LogP contribution in [-0.4, -0.2) is 44.1 Å². The second-order valence-electron chi connectivity index (χ2n) is 7.72. The molecule has 3 rings (SSSR count). The van der Waals surface area contributed by atoms with Crippen molar-refractivity contribution in [3.05, 3.63) is 29.8 Å². The van der Waals surface area contributed by atoms with Gasteiger partial charge in [-0.2, -0.15) is 0 Å². The van der Waals surface area contributed by atoms with Gasteiger partial charge in [0, 0.05) is 44.3 Å². The molecule has 3 N–H and O–H groups in total. The molecule has 1 amide bonds. The fourth-order valence-corrected chi connectivity index (χ4v) is 3.62. The summed E-state index contributed by atoms with van der Waals surface area (Å²) >= 11 is 0. The summed E-state index contributed by atoms with van der Waals surface area (Å²) in [5, 5.41) is 9.63. The van der Waals surface area contributed by atoms with Gasteiger partial charge in [0.05, 0.1) is 6.54 Å². The van der Waals surface area contributed by atoms with Crippen molar-refractivity contribution in [2.75, 3.05) is 31.1 Å². The lowest BCUT2D eigenvalue weighted by Gasteiger charge is -2.32. The van der Waals surface area contributed by atoms with Crippen LogP contribution in [0, 0.1) is 5.92 Å². The molecule has 148 valence electrons. The van der Waals surface area contributed by atoms with E-state index in [-0.39, 0.29) is 11.9 Å². The molecular weight excluding hydrogens is 338 g/mol. The Morgan fingerprint density at radius 1 is 1.22 bits per heavy atom. The fourth-order valence-electron chi connectivity index (χ4n) is 3.62. The van der Waals surface area contributed by atoms with E-state index in [2.05, 4.69) is 59.0 Å². The maximum atomic E-state index is 11.3. The third-order valence-electron chi connectivity index (χ3n) is 5.46.